The van der Waals surface area contributed by atoms with Crippen molar-refractivity contribution in [1.82, 2.24) is 4.90 Å². The van der Waals surface area contributed by atoms with E-state index in [-0.39, 0.29) is 24.9 Å². The molecule has 0 aliphatic rings. The van der Waals surface area contributed by atoms with Crippen LogP contribution in [0.15, 0.2) is 54.6 Å². The second-order valence-electron chi connectivity index (χ2n) is 5.74. The summed E-state index contributed by atoms with van der Waals surface area (Å²) in [6, 6.07) is 16.9. The third kappa shape index (κ3) is 6.24. The summed E-state index contributed by atoms with van der Waals surface area (Å²) in [4.78, 5) is 13.6. The van der Waals surface area contributed by atoms with E-state index in [1.165, 1.54) is 4.90 Å². The molecule has 1 amide bonds. The first-order chi connectivity index (χ1) is 12.6. The molecule has 1 atom stereocenters. The molecule has 0 radical (unpaired) electrons. The SMILES string of the molecule is CCOc1ccccc1OCC(O)CN(Cc1ccccc1)C(=O)CCl. The van der Waals surface area contributed by atoms with E-state index in [0.717, 1.165) is 5.56 Å². The lowest BCUT2D eigenvalue weighted by Crippen LogP contribution is -2.40. The Bertz CT molecular complexity index is 681. The number of benzene rings is 2. The van der Waals surface area contributed by atoms with Crippen molar-refractivity contribution in [2.45, 2.75) is 19.6 Å². The molecule has 2 rings (SSSR count). The second kappa shape index (κ2) is 10.7. The molecule has 6 heteroatoms. The quantitative estimate of drug-likeness (QED) is 0.646. The van der Waals surface area contributed by atoms with Crippen LogP contribution < -0.4 is 9.47 Å². The third-order valence-corrected chi connectivity index (χ3v) is 3.92. The highest BCUT2D eigenvalue weighted by atomic mass is 35.5. The summed E-state index contributed by atoms with van der Waals surface area (Å²) in [6.45, 7) is 2.99. The fourth-order valence-corrected chi connectivity index (χ4v) is 2.65. The largest absolute Gasteiger partial charge is 0.490 e. The van der Waals surface area contributed by atoms with Crippen molar-refractivity contribution in [3.05, 3.63) is 60.2 Å². The normalized spacial score (nSPS) is 11.7. The Morgan fingerprint density at radius 3 is 2.31 bits per heavy atom. The number of nitrogens with zero attached hydrogens (tertiary/aromatic N) is 1. The minimum Gasteiger partial charge on any atom is -0.490 e. The van der Waals surface area contributed by atoms with Crippen LogP contribution in [0, 0.1) is 0 Å². The first kappa shape index (κ1) is 20.1. The Balaban J connectivity index is 1.94. The van der Waals surface area contributed by atoms with E-state index >= 15 is 0 Å². The number of rotatable bonds is 10. The Kier molecular flexibility index (Phi) is 8.25. The van der Waals surface area contributed by atoms with Gasteiger partial charge >= 0.3 is 0 Å². The number of aliphatic hydroxyl groups excluding tert-OH is 1. The van der Waals surface area contributed by atoms with Gasteiger partial charge in [-0.05, 0) is 24.6 Å². The fraction of sp³-hybridized carbons (Fsp3) is 0.350. The van der Waals surface area contributed by atoms with Crippen molar-refractivity contribution in [3.63, 3.8) is 0 Å². The topological polar surface area (TPSA) is 59.0 Å². The predicted molar refractivity (Wildman–Crippen MR) is 102 cm³/mol. The van der Waals surface area contributed by atoms with E-state index in [4.69, 9.17) is 21.1 Å². The highest BCUT2D eigenvalue weighted by Crippen LogP contribution is 2.26. The maximum Gasteiger partial charge on any atom is 0.237 e. The Labute approximate surface area is 159 Å². The van der Waals surface area contributed by atoms with E-state index in [0.29, 0.717) is 24.7 Å². The van der Waals surface area contributed by atoms with Crippen molar-refractivity contribution in [2.75, 3.05) is 25.6 Å². The summed E-state index contributed by atoms with van der Waals surface area (Å²) in [6.07, 6.45) is -0.847. The molecule has 1 N–H and O–H groups in total. The smallest absolute Gasteiger partial charge is 0.237 e. The van der Waals surface area contributed by atoms with Gasteiger partial charge < -0.3 is 19.5 Å². The lowest BCUT2D eigenvalue weighted by Gasteiger charge is -2.25. The molecule has 0 spiro atoms. The highest BCUT2D eigenvalue weighted by Gasteiger charge is 2.18. The molecule has 2 aromatic rings. The first-order valence-corrected chi connectivity index (χ1v) is 9.07. The minimum atomic E-state index is -0.847. The molecule has 0 saturated heterocycles. The molecule has 0 saturated carbocycles. The Hall–Kier alpha value is -2.24. The molecule has 2 aromatic carbocycles. The van der Waals surface area contributed by atoms with Gasteiger partial charge in [0.05, 0.1) is 13.2 Å². The average molecular weight is 378 g/mol. The van der Waals surface area contributed by atoms with Gasteiger partial charge in [0.2, 0.25) is 5.91 Å². The number of carbonyl (C=O) groups excluding carboxylic acids is 1. The lowest BCUT2D eigenvalue weighted by molar-refractivity contribution is -0.130. The Morgan fingerprint density at radius 1 is 1.08 bits per heavy atom. The maximum atomic E-state index is 12.1. The van der Waals surface area contributed by atoms with Gasteiger partial charge in [-0.25, -0.2) is 0 Å². The minimum absolute atomic E-state index is 0.0466. The van der Waals surface area contributed by atoms with Gasteiger partial charge in [0.1, 0.15) is 18.6 Å². The molecule has 26 heavy (non-hydrogen) atoms. The number of halogens is 1. The summed E-state index contributed by atoms with van der Waals surface area (Å²) in [5, 5.41) is 10.3. The van der Waals surface area contributed by atoms with Crippen LogP contribution in [0.1, 0.15) is 12.5 Å². The number of hydrogen-bond acceptors (Lipinski definition) is 4. The van der Waals surface area contributed by atoms with E-state index in [2.05, 4.69) is 0 Å². The third-order valence-electron chi connectivity index (χ3n) is 3.69. The second-order valence-corrected chi connectivity index (χ2v) is 6.01. The van der Waals surface area contributed by atoms with Crippen LogP contribution in [-0.4, -0.2) is 47.7 Å². The fourth-order valence-electron chi connectivity index (χ4n) is 2.48. The molecular weight excluding hydrogens is 354 g/mol. The van der Waals surface area contributed by atoms with Gasteiger partial charge in [-0.15, -0.1) is 11.6 Å². The van der Waals surface area contributed by atoms with E-state index in [1.54, 1.807) is 6.07 Å². The number of carbonyl (C=O) groups is 1. The molecule has 5 nitrogen and oxygen atoms in total. The maximum absolute atomic E-state index is 12.1. The zero-order valence-electron chi connectivity index (χ0n) is 14.8. The van der Waals surface area contributed by atoms with Crippen LogP contribution in [0.25, 0.3) is 0 Å². The summed E-state index contributed by atoms with van der Waals surface area (Å²) < 4.78 is 11.2. The monoisotopic (exact) mass is 377 g/mol. The van der Waals surface area contributed by atoms with Gasteiger partial charge in [-0.2, -0.15) is 0 Å². The molecule has 0 aromatic heterocycles. The van der Waals surface area contributed by atoms with Gasteiger partial charge in [0.25, 0.3) is 0 Å². The standard InChI is InChI=1S/C20H24ClNO4/c1-2-25-18-10-6-7-11-19(18)26-15-17(23)14-22(20(24)12-21)13-16-8-4-3-5-9-16/h3-11,17,23H,2,12-15H2,1H3. The predicted octanol–water partition coefficient (Wildman–Crippen LogP) is 3.09. The first-order valence-electron chi connectivity index (χ1n) is 8.54. The van der Waals surface area contributed by atoms with Crippen molar-refractivity contribution in [3.8, 4) is 11.5 Å². The number of amides is 1. The van der Waals surface area contributed by atoms with Gasteiger partial charge in [0.15, 0.2) is 11.5 Å². The lowest BCUT2D eigenvalue weighted by atomic mass is 10.2. The van der Waals surface area contributed by atoms with E-state index in [1.807, 2.05) is 55.5 Å². The van der Waals surface area contributed by atoms with Crippen LogP contribution >= 0.6 is 11.6 Å². The molecule has 140 valence electrons. The highest BCUT2D eigenvalue weighted by molar-refractivity contribution is 6.27. The van der Waals surface area contributed by atoms with E-state index in [9.17, 15) is 9.90 Å². The van der Waals surface area contributed by atoms with Crippen LogP contribution in [0.5, 0.6) is 11.5 Å². The zero-order chi connectivity index (χ0) is 18.8. The zero-order valence-corrected chi connectivity index (χ0v) is 15.6. The van der Waals surface area contributed by atoms with Gasteiger partial charge in [-0.1, -0.05) is 42.5 Å². The molecule has 0 fully saturated rings. The van der Waals surface area contributed by atoms with Crippen molar-refractivity contribution in [2.24, 2.45) is 0 Å². The van der Waals surface area contributed by atoms with Gasteiger partial charge in [0, 0.05) is 6.54 Å². The van der Waals surface area contributed by atoms with Crippen molar-refractivity contribution in [1.29, 1.82) is 0 Å². The molecular formula is C20H24ClNO4. The van der Waals surface area contributed by atoms with Gasteiger partial charge in [-0.3, -0.25) is 4.79 Å². The average Bonchev–Trinajstić information content (AvgIpc) is 2.67. The Morgan fingerprint density at radius 2 is 1.69 bits per heavy atom. The van der Waals surface area contributed by atoms with Crippen LogP contribution in [0.2, 0.25) is 0 Å². The van der Waals surface area contributed by atoms with Crippen LogP contribution in [0.4, 0.5) is 0 Å². The number of aliphatic hydroxyl groups is 1. The number of para-hydroxylation sites is 2. The van der Waals surface area contributed by atoms with E-state index < -0.39 is 6.10 Å². The molecule has 0 aliphatic heterocycles. The number of alkyl halides is 1. The number of hydrogen-bond donors (Lipinski definition) is 1. The summed E-state index contributed by atoms with van der Waals surface area (Å²) in [5.74, 6) is 0.823. The summed E-state index contributed by atoms with van der Waals surface area (Å²) in [7, 11) is 0. The molecule has 0 aliphatic carbocycles. The van der Waals surface area contributed by atoms with Crippen LogP contribution in [0.3, 0.4) is 0 Å². The summed E-state index contributed by atoms with van der Waals surface area (Å²) >= 11 is 5.70. The molecule has 1 unspecified atom stereocenters. The van der Waals surface area contributed by atoms with Crippen molar-refractivity contribution >= 4 is 17.5 Å². The summed E-state index contributed by atoms with van der Waals surface area (Å²) in [5.41, 5.74) is 0.973. The number of ether oxygens (including phenoxy) is 2. The van der Waals surface area contributed by atoms with Crippen molar-refractivity contribution < 1.29 is 19.4 Å². The van der Waals surface area contributed by atoms with Crippen LogP contribution in [-0.2, 0) is 11.3 Å². The molecule has 0 heterocycles. The molecule has 0 bridgehead atoms.